The lowest BCUT2D eigenvalue weighted by molar-refractivity contribution is -0.113. The molecule has 4 rings (SSSR count). The van der Waals surface area contributed by atoms with Gasteiger partial charge >= 0.3 is 0 Å². The van der Waals surface area contributed by atoms with Gasteiger partial charge in [0.15, 0.2) is 5.13 Å². The number of rotatable bonds is 7. The number of thiazole rings is 1. The van der Waals surface area contributed by atoms with Gasteiger partial charge in [-0.3, -0.25) is 4.79 Å². The normalized spacial score (nSPS) is 11.0. The van der Waals surface area contributed by atoms with Gasteiger partial charge in [0.25, 0.3) is 0 Å². The van der Waals surface area contributed by atoms with Crippen LogP contribution in [0, 0.1) is 13.8 Å². The van der Waals surface area contributed by atoms with Crippen LogP contribution in [0.15, 0.2) is 47.8 Å². The van der Waals surface area contributed by atoms with Crippen LogP contribution in [0.4, 0.5) is 5.13 Å². The number of hydrogen-bond donors (Lipinski definition) is 1. The number of benzene rings is 2. The summed E-state index contributed by atoms with van der Waals surface area (Å²) in [6.07, 6.45) is 2.32. The molecule has 11 heteroatoms. The second-order valence-electron chi connectivity index (χ2n) is 7.02. The van der Waals surface area contributed by atoms with Gasteiger partial charge in [0.2, 0.25) is 11.1 Å². The van der Waals surface area contributed by atoms with Gasteiger partial charge in [-0.25, -0.2) is 4.98 Å². The molecule has 0 unspecified atom stereocenters. The smallest absolute Gasteiger partial charge is 0.236 e. The standard InChI is InChI=1S/C21H18Cl2N6OS2/c1-12-3-5-16(7-13(12)2)29-21(26-27-28-29)31-11-19(30)25-20-24-10-17(32-20)9-14-8-15(22)4-6-18(14)23/h3-8,10H,9,11H2,1-2H3,(H,24,25,30). The van der Waals surface area contributed by atoms with E-state index in [2.05, 4.69) is 25.8 Å². The highest BCUT2D eigenvalue weighted by atomic mass is 35.5. The van der Waals surface area contributed by atoms with Gasteiger partial charge in [-0.1, -0.05) is 41.0 Å². The van der Waals surface area contributed by atoms with Gasteiger partial charge in [-0.05, 0) is 71.3 Å². The van der Waals surface area contributed by atoms with Crippen molar-refractivity contribution in [3.8, 4) is 5.69 Å². The van der Waals surface area contributed by atoms with Crippen LogP contribution in [0.5, 0.6) is 0 Å². The Labute approximate surface area is 203 Å². The number of aromatic nitrogens is 5. The summed E-state index contributed by atoms with van der Waals surface area (Å²) in [5.41, 5.74) is 4.10. The maximum Gasteiger partial charge on any atom is 0.236 e. The molecule has 0 spiro atoms. The summed E-state index contributed by atoms with van der Waals surface area (Å²) in [5.74, 6) is -0.0356. The second kappa shape index (κ2) is 9.99. The van der Waals surface area contributed by atoms with Crippen molar-refractivity contribution in [2.24, 2.45) is 0 Å². The Morgan fingerprint density at radius 2 is 2.00 bits per heavy atom. The number of nitrogens with zero attached hydrogens (tertiary/aromatic N) is 5. The fourth-order valence-electron chi connectivity index (χ4n) is 2.89. The summed E-state index contributed by atoms with van der Waals surface area (Å²) in [6.45, 7) is 4.08. The first kappa shape index (κ1) is 22.7. The topological polar surface area (TPSA) is 85.6 Å². The molecule has 7 nitrogen and oxygen atoms in total. The third-order valence-corrected chi connectivity index (χ3v) is 7.12. The molecule has 0 aliphatic rings. The van der Waals surface area contributed by atoms with Gasteiger partial charge < -0.3 is 5.32 Å². The molecule has 2 aromatic heterocycles. The Hall–Kier alpha value is -2.46. The van der Waals surface area contributed by atoms with E-state index in [0.717, 1.165) is 21.7 Å². The third-order valence-electron chi connectivity index (χ3n) is 4.68. The van der Waals surface area contributed by atoms with Gasteiger partial charge in [0, 0.05) is 27.5 Å². The molecule has 0 fully saturated rings. The van der Waals surface area contributed by atoms with Crippen LogP contribution in [0.25, 0.3) is 5.69 Å². The number of aryl methyl sites for hydroxylation is 2. The zero-order valence-electron chi connectivity index (χ0n) is 17.2. The van der Waals surface area contributed by atoms with E-state index in [0.29, 0.717) is 26.8 Å². The monoisotopic (exact) mass is 504 g/mol. The summed E-state index contributed by atoms with van der Waals surface area (Å²) < 4.78 is 1.63. The molecule has 0 aliphatic carbocycles. The largest absolute Gasteiger partial charge is 0.301 e. The van der Waals surface area contributed by atoms with E-state index in [1.165, 1.54) is 28.7 Å². The molecule has 0 radical (unpaired) electrons. The maximum absolute atomic E-state index is 12.4. The van der Waals surface area contributed by atoms with Crippen LogP contribution in [0.2, 0.25) is 10.0 Å². The van der Waals surface area contributed by atoms with E-state index in [1.807, 2.05) is 38.1 Å². The molecule has 0 saturated heterocycles. The van der Waals surface area contributed by atoms with Crippen molar-refractivity contribution >= 4 is 57.3 Å². The van der Waals surface area contributed by atoms with Gasteiger partial charge in [-0.15, -0.1) is 16.4 Å². The minimum absolute atomic E-state index is 0.153. The molecule has 0 bridgehead atoms. The van der Waals surface area contributed by atoms with Crippen molar-refractivity contribution in [2.75, 3.05) is 11.1 Å². The van der Waals surface area contributed by atoms with Crippen molar-refractivity contribution < 1.29 is 4.79 Å². The van der Waals surface area contributed by atoms with Gasteiger partial charge in [-0.2, -0.15) is 4.68 Å². The summed E-state index contributed by atoms with van der Waals surface area (Å²) in [7, 11) is 0. The number of carbonyl (C=O) groups excluding carboxylic acids is 1. The molecule has 4 aromatic rings. The highest BCUT2D eigenvalue weighted by molar-refractivity contribution is 7.99. The van der Waals surface area contributed by atoms with E-state index in [-0.39, 0.29) is 11.7 Å². The van der Waals surface area contributed by atoms with Crippen molar-refractivity contribution in [3.05, 3.63) is 74.2 Å². The number of carbonyl (C=O) groups is 1. The first-order valence-corrected chi connectivity index (χ1v) is 12.1. The highest BCUT2D eigenvalue weighted by Gasteiger charge is 2.14. The molecule has 1 N–H and O–H groups in total. The van der Waals surface area contributed by atoms with Crippen LogP contribution in [0.3, 0.4) is 0 Å². The first-order chi connectivity index (χ1) is 15.4. The number of tetrazole rings is 1. The van der Waals surface area contributed by atoms with Crippen LogP contribution in [0.1, 0.15) is 21.6 Å². The number of anilines is 1. The lowest BCUT2D eigenvalue weighted by Gasteiger charge is -2.07. The number of nitrogens with one attached hydrogen (secondary N) is 1. The second-order valence-corrected chi connectivity index (χ2v) is 9.92. The average Bonchev–Trinajstić information content (AvgIpc) is 3.40. The molecule has 2 heterocycles. The fraction of sp³-hybridized carbons (Fsp3) is 0.190. The van der Waals surface area contributed by atoms with E-state index in [1.54, 1.807) is 23.0 Å². The lowest BCUT2D eigenvalue weighted by Crippen LogP contribution is -2.14. The van der Waals surface area contributed by atoms with Crippen molar-refractivity contribution in [3.63, 3.8) is 0 Å². The number of amides is 1. The molecule has 0 atom stereocenters. The van der Waals surface area contributed by atoms with E-state index in [9.17, 15) is 4.79 Å². The molecule has 2 aromatic carbocycles. The van der Waals surface area contributed by atoms with Crippen LogP contribution in [-0.4, -0.2) is 36.9 Å². The number of halogens is 2. The van der Waals surface area contributed by atoms with Crippen LogP contribution >= 0.6 is 46.3 Å². The SMILES string of the molecule is Cc1ccc(-n2nnnc2SCC(=O)Nc2ncc(Cc3cc(Cl)ccc3Cl)s2)cc1C. The Morgan fingerprint density at radius 1 is 1.16 bits per heavy atom. The van der Waals surface area contributed by atoms with Crippen molar-refractivity contribution in [2.45, 2.75) is 25.4 Å². The fourth-order valence-corrected chi connectivity index (χ4v) is 4.81. The van der Waals surface area contributed by atoms with Crippen LogP contribution < -0.4 is 5.32 Å². The third kappa shape index (κ3) is 5.47. The molecule has 32 heavy (non-hydrogen) atoms. The average molecular weight is 505 g/mol. The van der Waals surface area contributed by atoms with Gasteiger partial charge in [0.1, 0.15) is 0 Å². The minimum Gasteiger partial charge on any atom is -0.301 e. The Balaban J connectivity index is 1.36. The van der Waals surface area contributed by atoms with Gasteiger partial charge in [0.05, 0.1) is 11.4 Å². The molecular weight excluding hydrogens is 487 g/mol. The van der Waals surface area contributed by atoms with Crippen molar-refractivity contribution in [1.82, 2.24) is 25.2 Å². The minimum atomic E-state index is -0.189. The Kier molecular flexibility index (Phi) is 7.10. The molecule has 1 amide bonds. The summed E-state index contributed by atoms with van der Waals surface area (Å²) in [6, 6.07) is 11.3. The lowest BCUT2D eigenvalue weighted by atomic mass is 10.1. The van der Waals surface area contributed by atoms with E-state index >= 15 is 0 Å². The zero-order valence-corrected chi connectivity index (χ0v) is 20.3. The summed E-state index contributed by atoms with van der Waals surface area (Å²) in [4.78, 5) is 17.7. The van der Waals surface area contributed by atoms with E-state index in [4.69, 9.17) is 23.2 Å². The number of hydrogen-bond acceptors (Lipinski definition) is 7. The van der Waals surface area contributed by atoms with Crippen LogP contribution in [-0.2, 0) is 11.2 Å². The molecule has 0 saturated carbocycles. The first-order valence-electron chi connectivity index (χ1n) is 9.56. The molecule has 164 valence electrons. The molecule has 0 aliphatic heterocycles. The predicted molar refractivity (Wildman–Crippen MR) is 129 cm³/mol. The Morgan fingerprint density at radius 3 is 2.81 bits per heavy atom. The predicted octanol–water partition coefficient (Wildman–Crippen LogP) is 5.36. The van der Waals surface area contributed by atoms with E-state index < -0.39 is 0 Å². The zero-order chi connectivity index (χ0) is 22.7. The molecular formula is C21H18Cl2N6OS2. The number of thioether (sulfide) groups is 1. The summed E-state index contributed by atoms with van der Waals surface area (Å²) >= 11 is 14.9. The maximum atomic E-state index is 12.4. The highest BCUT2D eigenvalue weighted by Crippen LogP contribution is 2.27. The van der Waals surface area contributed by atoms with Crippen molar-refractivity contribution in [1.29, 1.82) is 0 Å². The summed E-state index contributed by atoms with van der Waals surface area (Å²) in [5, 5.41) is 17.0. The quantitative estimate of drug-likeness (QED) is 0.340. The Bertz CT molecular complexity index is 1270.